The molecule has 196 valence electrons. The molecule has 1 aromatic carbocycles. The van der Waals surface area contributed by atoms with E-state index in [1.807, 2.05) is 0 Å². The van der Waals surface area contributed by atoms with Crippen LogP contribution in [0.2, 0.25) is 5.02 Å². The maximum absolute atomic E-state index is 15.3. The molecule has 12 heteroatoms. The minimum atomic E-state index is -1.96. The van der Waals surface area contributed by atoms with Gasteiger partial charge >= 0.3 is 11.9 Å². The van der Waals surface area contributed by atoms with Crippen LogP contribution in [0.25, 0.3) is 10.9 Å². The molecule has 2 aromatic rings. The number of hydrogen-bond acceptors (Lipinski definition) is 8. The zero-order chi connectivity index (χ0) is 25.4. The Balaban J connectivity index is 0.00000361. The van der Waals surface area contributed by atoms with Crippen LogP contribution in [0.3, 0.4) is 0 Å². The summed E-state index contributed by atoms with van der Waals surface area (Å²) in [6, 6.07) is 0.877. The number of esters is 2. The van der Waals surface area contributed by atoms with Crippen molar-refractivity contribution < 1.29 is 28.2 Å². The molecular formula is C24H28Cl2FN3O6. The van der Waals surface area contributed by atoms with Crippen molar-refractivity contribution in [3.05, 3.63) is 38.9 Å². The summed E-state index contributed by atoms with van der Waals surface area (Å²) in [6.07, 6.45) is 3.52. The number of carbonyl (C=O) groups excluding carboxylic acids is 3. The molecule has 2 fully saturated rings. The molecule has 0 amide bonds. The Hall–Kier alpha value is -2.69. The number of carbonyl (C=O) groups is 3. The van der Waals surface area contributed by atoms with E-state index in [4.69, 9.17) is 26.8 Å². The summed E-state index contributed by atoms with van der Waals surface area (Å²) in [7, 11) is 0. The fraction of sp³-hybridized carbons (Fsp3) is 0.500. The lowest BCUT2D eigenvalue weighted by Gasteiger charge is -2.23. The van der Waals surface area contributed by atoms with Crippen LogP contribution in [0.5, 0.6) is 0 Å². The van der Waals surface area contributed by atoms with Crippen molar-refractivity contribution in [2.75, 3.05) is 31.2 Å². The van der Waals surface area contributed by atoms with Gasteiger partial charge in [-0.25, -0.2) is 4.39 Å². The van der Waals surface area contributed by atoms with Crippen LogP contribution >= 0.6 is 24.0 Å². The predicted octanol–water partition coefficient (Wildman–Crippen LogP) is 3.01. The number of nitrogens with two attached hydrogens (primary N) is 1. The first-order chi connectivity index (χ1) is 16.7. The SMILES string of the molecule is CCOC(=O)C(C(=O)OCC)C(=O)c1cn(C2CC2)c2c(Cl)c(N3CC[C@H](N)C3)c(F)cc2c1=O.Cl. The maximum Gasteiger partial charge on any atom is 0.328 e. The van der Waals surface area contributed by atoms with Crippen molar-refractivity contribution in [1.29, 1.82) is 0 Å². The van der Waals surface area contributed by atoms with Gasteiger partial charge in [-0.1, -0.05) is 11.6 Å². The number of ether oxygens (including phenoxy) is 2. The molecule has 1 aromatic heterocycles. The van der Waals surface area contributed by atoms with Crippen molar-refractivity contribution in [2.45, 2.75) is 45.2 Å². The first kappa shape index (κ1) is 27.9. The maximum atomic E-state index is 15.3. The summed E-state index contributed by atoms with van der Waals surface area (Å²) in [5, 5.41) is -0.0478. The van der Waals surface area contributed by atoms with Gasteiger partial charge in [0.2, 0.25) is 5.92 Å². The van der Waals surface area contributed by atoms with Crippen molar-refractivity contribution in [1.82, 2.24) is 4.57 Å². The van der Waals surface area contributed by atoms with Gasteiger partial charge in [-0.2, -0.15) is 0 Å². The number of nitrogens with zero attached hydrogens (tertiary/aromatic N) is 2. The third-order valence-electron chi connectivity index (χ3n) is 6.24. The van der Waals surface area contributed by atoms with Crippen molar-refractivity contribution in [2.24, 2.45) is 11.7 Å². The Morgan fingerprint density at radius 3 is 2.28 bits per heavy atom. The number of benzene rings is 1. The lowest BCUT2D eigenvalue weighted by molar-refractivity contribution is -0.158. The first-order valence-corrected chi connectivity index (χ1v) is 12.0. The summed E-state index contributed by atoms with van der Waals surface area (Å²) in [5.74, 6) is -5.96. The van der Waals surface area contributed by atoms with Crippen molar-refractivity contribution in [3.63, 3.8) is 0 Å². The van der Waals surface area contributed by atoms with E-state index in [0.717, 1.165) is 18.9 Å². The molecule has 0 spiro atoms. The summed E-state index contributed by atoms with van der Waals surface area (Å²) in [5.41, 5.74) is 5.19. The van der Waals surface area contributed by atoms with Gasteiger partial charge in [0.25, 0.3) is 0 Å². The third-order valence-corrected chi connectivity index (χ3v) is 6.60. The average Bonchev–Trinajstić information content (AvgIpc) is 3.56. The second kappa shape index (κ2) is 11.1. The van der Waals surface area contributed by atoms with Crippen LogP contribution in [-0.4, -0.2) is 54.6 Å². The van der Waals surface area contributed by atoms with Crippen LogP contribution in [-0.2, 0) is 19.1 Å². The van der Waals surface area contributed by atoms with E-state index < -0.39 is 40.4 Å². The molecule has 1 saturated carbocycles. The van der Waals surface area contributed by atoms with Crippen LogP contribution < -0.4 is 16.1 Å². The van der Waals surface area contributed by atoms with Gasteiger partial charge < -0.3 is 24.7 Å². The van der Waals surface area contributed by atoms with Crippen LogP contribution in [0.1, 0.15) is 49.5 Å². The van der Waals surface area contributed by atoms with Crippen LogP contribution in [0, 0.1) is 11.7 Å². The largest absolute Gasteiger partial charge is 0.465 e. The lowest BCUT2D eigenvalue weighted by atomic mass is 9.96. The summed E-state index contributed by atoms with van der Waals surface area (Å²) < 4.78 is 26.7. The molecule has 4 rings (SSSR count). The van der Waals surface area contributed by atoms with Crippen LogP contribution in [0.15, 0.2) is 17.1 Å². The quantitative estimate of drug-likeness (QED) is 0.306. The second-order valence-electron chi connectivity index (χ2n) is 8.72. The van der Waals surface area contributed by atoms with Gasteiger partial charge in [0.15, 0.2) is 11.2 Å². The van der Waals surface area contributed by atoms with E-state index in [0.29, 0.717) is 25.0 Å². The van der Waals surface area contributed by atoms with Crippen molar-refractivity contribution in [3.8, 4) is 0 Å². The van der Waals surface area contributed by atoms with E-state index >= 15 is 4.39 Å². The molecule has 0 radical (unpaired) electrons. The number of anilines is 1. The van der Waals surface area contributed by atoms with Gasteiger partial charge in [-0.05, 0) is 39.2 Å². The number of ketones is 1. The number of hydrogen-bond donors (Lipinski definition) is 1. The number of Topliss-reactive ketones (excluding diaryl/α,β-unsaturated/α-hetero) is 1. The van der Waals surface area contributed by atoms with E-state index in [-0.39, 0.29) is 53.8 Å². The number of rotatable bonds is 8. The number of halogens is 3. The molecule has 36 heavy (non-hydrogen) atoms. The molecule has 2 heterocycles. The highest BCUT2D eigenvalue weighted by molar-refractivity contribution is 6.38. The standard InChI is InChI=1S/C24H27ClFN3O6.ClH/c1-3-34-23(32)17(24(33)35-4-2)22(31)15-11-29(13-5-6-13)19-14(21(15)30)9-16(26)20(18(19)25)28-8-7-12(27)10-28;/h9,11-13,17H,3-8,10,27H2,1-2H3;1H/t12-;/m0./s1. The van der Waals surface area contributed by atoms with E-state index in [1.54, 1.807) is 9.47 Å². The minimum absolute atomic E-state index is 0. The van der Waals surface area contributed by atoms with Gasteiger partial charge in [-0.3, -0.25) is 19.2 Å². The van der Waals surface area contributed by atoms with Crippen LogP contribution in [0.4, 0.5) is 10.1 Å². The summed E-state index contributed by atoms with van der Waals surface area (Å²) in [4.78, 5) is 53.4. The zero-order valence-electron chi connectivity index (χ0n) is 19.9. The fourth-order valence-electron chi connectivity index (χ4n) is 4.44. The van der Waals surface area contributed by atoms with E-state index in [9.17, 15) is 19.2 Å². The number of fused-ring (bicyclic) bond motifs is 1. The second-order valence-corrected chi connectivity index (χ2v) is 9.10. The number of aromatic nitrogens is 1. The Bertz CT molecular complexity index is 1240. The van der Waals surface area contributed by atoms with Gasteiger partial charge in [0.1, 0.15) is 5.82 Å². The highest BCUT2D eigenvalue weighted by Gasteiger charge is 2.40. The third kappa shape index (κ3) is 5.07. The van der Waals surface area contributed by atoms with Gasteiger partial charge in [0, 0.05) is 31.4 Å². The molecule has 1 atom stereocenters. The van der Waals surface area contributed by atoms with Crippen molar-refractivity contribution >= 4 is 58.3 Å². The fourth-order valence-corrected chi connectivity index (χ4v) is 4.85. The lowest BCUT2D eigenvalue weighted by Crippen LogP contribution is -2.37. The molecule has 9 nitrogen and oxygen atoms in total. The smallest absolute Gasteiger partial charge is 0.328 e. The topological polar surface area (TPSA) is 121 Å². The molecule has 0 bridgehead atoms. The highest BCUT2D eigenvalue weighted by Crippen LogP contribution is 2.42. The molecule has 1 aliphatic heterocycles. The first-order valence-electron chi connectivity index (χ1n) is 11.6. The average molecular weight is 544 g/mol. The minimum Gasteiger partial charge on any atom is -0.465 e. The highest BCUT2D eigenvalue weighted by atomic mass is 35.5. The summed E-state index contributed by atoms with van der Waals surface area (Å²) >= 11 is 6.69. The van der Waals surface area contributed by atoms with E-state index in [2.05, 4.69) is 0 Å². The number of pyridine rings is 1. The van der Waals surface area contributed by atoms with E-state index in [1.165, 1.54) is 20.0 Å². The molecular weight excluding hydrogens is 516 g/mol. The zero-order valence-corrected chi connectivity index (χ0v) is 21.5. The predicted molar refractivity (Wildman–Crippen MR) is 135 cm³/mol. The molecule has 1 saturated heterocycles. The molecule has 2 N–H and O–H groups in total. The molecule has 1 aliphatic carbocycles. The molecule has 2 aliphatic rings. The monoisotopic (exact) mass is 543 g/mol. The van der Waals surface area contributed by atoms with Gasteiger partial charge in [0.05, 0.1) is 40.4 Å². The Kier molecular flexibility index (Phi) is 8.63. The Morgan fingerprint density at radius 1 is 1.17 bits per heavy atom. The Morgan fingerprint density at radius 2 is 1.78 bits per heavy atom. The Labute approximate surface area is 218 Å². The van der Waals surface area contributed by atoms with Gasteiger partial charge in [-0.15, -0.1) is 12.4 Å². The summed E-state index contributed by atoms with van der Waals surface area (Å²) in [6.45, 7) is 3.85. The molecule has 0 unspecified atom stereocenters. The normalized spacial score (nSPS) is 17.3.